The Kier molecular flexibility index (Phi) is 5.35. The Labute approximate surface area is 147 Å². The molecule has 3 heterocycles. The highest BCUT2D eigenvalue weighted by molar-refractivity contribution is 5.05. The maximum atomic E-state index is 11.7. The third kappa shape index (κ3) is 4.58. The highest BCUT2D eigenvalue weighted by Gasteiger charge is 2.43. The van der Waals surface area contributed by atoms with Gasteiger partial charge in [0.15, 0.2) is 0 Å². The van der Waals surface area contributed by atoms with Crippen LogP contribution in [0, 0.1) is 10.1 Å². The largest absolute Gasteiger partial charge is 0.289 e. The fourth-order valence-electron chi connectivity index (χ4n) is 3.28. The number of hydrogen-bond acceptors (Lipinski definition) is 6. The molecule has 0 radical (unpaired) electrons. The summed E-state index contributed by atoms with van der Waals surface area (Å²) < 4.78 is 0. The summed E-state index contributed by atoms with van der Waals surface area (Å²) in [5.74, 6) is 0. The van der Waals surface area contributed by atoms with Crippen molar-refractivity contribution in [2.75, 3.05) is 26.2 Å². The van der Waals surface area contributed by atoms with E-state index in [1.54, 1.807) is 19.3 Å². The molecular formula is C18H23N5O2. The van der Waals surface area contributed by atoms with Crippen molar-refractivity contribution < 1.29 is 4.92 Å². The van der Waals surface area contributed by atoms with Gasteiger partial charge < -0.3 is 0 Å². The summed E-state index contributed by atoms with van der Waals surface area (Å²) in [7, 11) is 0. The van der Waals surface area contributed by atoms with Crippen LogP contribution in [0.15, 0.2) is 48.8 Å². The average Bonchev–Trinajstić information content (AvgIpc) is 2.76. The zero-order valence-corrected chi connectivity index (χ0v) is 14.4. The van der Waals surface area contributed by atoms with Crippen molar-refractivity contribution in [2.24, 2.45) is 0 Å². The quantitative estimate of drug-likeness (QED) is 0.610. The molecule has 0 bridgehead atoms. The van der Waals surface area contributed by atoms with E-state index >= 15 is 0 Å². The molecule has 0 aromatic carbocycles. The van der Waals surface area contributed by atoms with Crippen LogP contribution < -0.4 is 0 Å². The molecule has 0 spiro atoms. The van der Waals surface area contributed by atoms with E-state index in [-0.39, 0.29) is 4.92 Å². The maximum absolute atomic E-state index is 11.7. The predicted molar refractivity (Wildman–Crippen MR) is 94.4 cm³/mol. The molecule has 0 amide bonds. The summed E-state index contributed by atoms with van der Waals surface area (Å²) >= 11 is 0. The van der Waals surface area contributed by atoms with E-state index in [1.807, 2.05) is 36.4 Å². The minimum atomic E-state index is -1.01. The van der Waals surface area contributed by atoms with Gasteiger partial charge in [-0.2, -0.15) is 0 Å². The smallest absolute Gasteiger partial charge is 0.244 e. The summed E-state index contributed by atoms with van der Waals surface area (Å²) in [5, 5.41) is 11.7. The van der Waals surface area contributed by atoms with Crippen LogP contribution in [0.2, 0.25) is 0 Å². The van der Waals surface area contributed by atoms with Crippen molar-refractivity contribution >= 4 is 0 Å². The first-order valence-electron chi connectivity index (χ1n) is 8.44. The Morgan fingerprint density at radius 3 is 1.84 bits per heavy atom. The van der Waals surface area contributed by atoms with Crippen LogP contribution >= 0.6 is 0 Å². The Bertz CT molecular complexity index is 644. The van der Waals surface area contributed by atoms with E-state index in [0.717, 1.165) is 24.5 Å². The topological polar surface area (TPSA) is 75.4 Å². The van der Waals surface area contributed by atoms with Crippen molar-refractivity contribution in [2.45, 2.75) is 25.6 Å². The van der Waals surface area contributed by atoms with Gasteiger partial charge >= 0.3 is 0 Å². The molecule has 7 heteroatoms. The van der Waals surface area contributed by atoms with Crippen molar-refractivity contribution in [3.8, 4) is 0 Å². The lowest BCUT2D eigenvalue weighted by atomic mass is 10.0. The van der Waals surface area contributed by atoms with E-state index in [0.29, 0.717) is 26.2 Å². The van der Waals surface area contributed by atoms with Gasteiger partial charge in [-0.25, -0.2) is 0 Å². The first-order valence-corrected chi connectivity index (χ1v) is 8.44. The molecule has 0 saturated carbocycles. The lowest BCUT2D eigenvalue weighted by Gasteiger charge is -2.27. The van der Waals surface area contributed by atoms with Gasteiger partial charge in [0.1, 0.15) is 0 Å². The van der Waals surface area contributed by atoms with Crippen LogP contribution in [-0.2, 0) is 13.1 Å². The monoisotopic (exact) mass is 341 g/mol. The molecular weight excluding hydrogens is 318 g/mol. The van der Waals surface area contributed by atoms with Crippen molar-refractivity contribution in [3.05, 3.63) is 70.3 Å². The van der Waals surface area contributed by atoms with Gasteiger partial charge in [-0.1, -0.05) is 12.1 Å². The summed E-state index contributed by atoms with van der Waals surface area (Å²) in [4.78, 5) is 24.6. The molecule has 7 nitrogen and oxygen atoms in total. The molecule has 0 N–H and O–H groups in total. The zero-order valence-electron chi connectivity index (χ0n) is 14.4. The van der Waals surface area contributed by atoms with Crippen LogP contribution in [0.5, 0.6) is 0 Å². The lowest BCUT2D eigenvalue weighted by molar-refractivity contribution is -0.565. The van der Waals surface area contributed by atoms with Crippen molar-refractivity contribution in [1.82, 2.24) is 19.8 Å². The van der Waals surface area contributed by atoms with Gasteiger partial charge in [0.25, 0.3) is 0 Å². The summed E-state index contributed by atoms with van der Waals surface area (Å²) in [6.07, 6.45) is 3.51. The Morgan fingerprint density at radius 1 is 1.00 bits per heavy atom. The number of nitrogens with zero attached hydrogens (tertiary/aromatic N) is 5. The second-order valence-corrected chi connectivity index (χ2v) is 6.82. The molecule has 3 rings (SSSR count). The number of rotatable bonds is 5. The van der Waals surface area contributed by atoms with E-state index in [4.69, 9.17) is 0 Å². The van der Waals surface area contributed by atoms with Gasteiger partial charge in [-0.3, -0.25) is 29.9 Å². The van der Waals surface area contributed by atoms with Gasteiger partial charge in [-0.05, 0) is 24.3 Å². The van der Waals surface area contributed by atoms with Gasteiger partial charge in [0, 0.05) is 50.4 Å². The first-order chi connectivity index (χ1) is 12.0. The van der Waals surface area contributed by atoms with Gasteiger partial charge in [0.05, 0.1) is 24.5 Å². The van der Waals surface area contributed by atoms with Crippen LogP contribution in [0.3, 0.4) is 0 Å². The molecule has 0 unspecified atom stereocenters. The molecule has 0 atom stereocenters. The lowest BCUT2D eigenvalue weighted by Crippen LogP contribution is -2.50. The normalized spacial score (nSPS) is 18.6. The van der Waals surface area contributed by atoms with E-state index in [2.05, 4.69) is 19.8 Å². The second-order valence-electron chi connectivity index (χ2n) is 6.82. The highest BCUT2D eigenvalue weighted by atomic mass is 16.6. The second kappa shape index (κ2) is 7.67. The summed E-state index contributed by atoms with van der Waals surface area (Å²) in [5.41, 5.74) is 0.859. The van der Waals surface area contributed by atoms with Gasteiger partial charge in [0.2, 0.25) is 5.54 Å². The molecule has 1 fully saturated rings. The van der Waals surface area contributed by atoms with E-state index in [9.17, 15) is 10.1 Å². The number of pyridine rings is 2. The maximum Gasteiger partial charge on any atom is 0.244 e. The molecule has 1 aliphatic heterocycles. The number of hydrogen-bond donors (Lipinski definition) is 0. The number of nitro groups is 1. The average molecular weight is 341 g/mol. The number of aromatic nitrogens is 2. The first kappa shape index (κ1) is 17.4. The molecule has 25 heavy (non-hydrogen) atoms. The van der Waals surface area contributed by atoms with Crippen LogP contribution in [0.4, 0.5) is 0 Å². The standard InChI is InChI=1S/C18H23N5O2/c1-18(23(24)25)14-21(12-16-6-2-4-8-19-16)10-11-22(15-18)13-17-7-3-5-9-20-17/h2-9H,10-15H2,1H3. The predicted octanol–water partition coefficient (Wildman–Crippen LogP) is 1.83. The third-order valence-electron chi connectivity index (χ3n) is 4.53. The van der Waals surface area contributed by atoms with Crippen LogP contribution in [0.1, 0.15) is 18.3 Å². The van der Waals surface area contributed by atoms with E-state index in [1.165, 1.54) is 0 Å². The van der Waals surface area contributed by atoms with Crippen LogP contribution in [0.25, 0.3) is 0 Å². The molecule has 1 saturated heterocycles. The molecule has 2 aromatic heterocycles. The molecule has 2 aromatic rings. The van der Waals surface area contributed by atoms with E-state index < -0.39 is 5.54 Å². The molecule has 0 aliphatic carbocycles. The van der Waals surface area contributed by atoms with Crippen molar-refractivity contribution in [3.63, 3.8) is 0 Å². The third-order valence-corrected chi connectivity index (χ3v) is 4.53. The zero-order chi connectivity index (χ0) is 17.7. The Hall–Kier alpha value is -2.38. The summed E-state index contributed by atoms with van der Waals surface area (Å²) in [6, 6.07) is 11.6. The molecule has 1 aliphatic rings. The minimum absolute atomic E-state index is 0.144. The highest BCUT2D eigenvalue weighted by Crippen LogP contribution is 2.20. The molecule has 132 valence electrons. The van der Waals surface area contributed by atoms with Crippen LogP contribution in [-0.4, -0.2) is 56.4 Å². The van der Waals surface area contributed by atoms with Gasteiger partial charge in [-0.15, -0.1) is 0 Å². The minimum Gasteiger partial charge on any atom is -0.289 e. The Morgan fingerprint density at radius 2 is 1.48 bits per heavy atom. The fourth-order valence-corrected chi connectivity index (χ4v) is 3.28. The Balaban J connectivity index is 1.74. The van der Waals surface area contributed by atoms with Crippen molar-refractivity contribution in [1.29, 1.82) is 0 Å². The fraction of sp³-hybridized carbons (Fsp3) is 0.444. The summed E-state index contributed by atoms with van der Waals surface area (Å²) in [6.45, 7) is 5.35. The SMILES string of the molecule is CC1([N+](=O)[O-])CN(Cc2ccccn2)CCN(Cc2ccccn2)C1.